The predicted molar refractivity (Wildman–Crippen MR) is 125 cm³/mol. The number of rotatable bonds is 8. The van der Waals surface area contributed by atoms with Crippen LogP contribution in [0.15, 0.2) is 67.0 Å². The molecule has 0 bridgehead atoms. The smallest absolute Gasteiger partial charge is 0.250 e. The van der Waals surface area contributed by atoms with Gasteiger partial charge in [0, 0.05) is 17.4 Å². The Morgan fingerprint density at radius 1 is 1.00 bits per heavy atom. The fourth-order valence-corrected chi connectivity index (χ4v) is 3.21. The van der Waals surface area contributed by atoms with Crippen LogP contribution in [0.4, 0.5) is 5.69 Å². The molecule has 168 valence electrons. The Hall–Kier alpha value is -4.04. The number of amides is 1. The van der Waals surface area contributed by atoms with Gasteiger partial charge in [-0.3, -0.25) is 4.79 Å². The van der Waals surface area contributed by atoms with Crippen LogP contribution >= 0.6 is 0 Å². The summed E-state index contributed by atoms with van der Waals surface area (Å²) in [6.45, 7) is 6.36. The van der Waals surface area contributed by atoms with Gasteiger partial charge in [-0.2, -0.15) is 5.10 Å². The Morgan fingerprint density at radius 3 is 2.45 bits per heavy atom. The van der Waals surface area contributed by atoms with Gasteiger partial charge < -0.3 is 14.8 Å². The van der Waals surface area contributed by atoms with Crippen LogP contribution in [0.2, 0.25) is 0 Å². The summed E-state index contributed by atoms with van der Waals surface area (Å²) in [5.74, 6) is 1.40. The fourth-order valence-electron chi connectivity index (χ4n) is 3.21. The summed E-state index contributed by atoms with van der Waals surface area (Å²) in [4.78, 5) is 20.6. The van der Waals surface area contributed by atoms with Gasteiger partial charge in [-0.05, 0) is 56.2 Å². The van der Waals surface area contributed by atoms with Crippen LogP contribution in [0.5, 0.6) is 11.6 Å². The molecule has 0 saturated heterocycles. The third-order valence-electron chi connectivity index (χ3n) is 5.20. The molecule has 0 saturated carbocycles. The van der Waals surface area contributed by atoms with Crippen molar-refractivity contribution in [2.75, 3.05) is 11.9 Å². The van der Waals surface area contributed by atoms with E-state index < -0.39 is 0 Å². The lowest BCUT2D eigenvalue weighted by Gasteiger charge is -2.09. The first-order valence-electron chi connectivity index (χ1n) is 10.5. The molecule has 0 atom stereocenters. The van der Waals surface area contributed by atoms with Crippen molar-refractivity contribution in [2.45, 2.75) is 27.4 Å². The van der Waals surface area contributed by atoms with Gasteiger partial charge in [-0.1, -0.05) is 30.3 Å². The number of benzene rings is 2. The number of hydrogen-bond acceptors (Lipinski definition) is 6. The van der Waals surface area contributed by atoms with E-state index in [4.69, 9.17) is 9.47 Å². The maximum Gasteiger partial charge on any atom is 0.250 e. The zero-order valence-electron chi connectivity index (χ0n) is 18.8. The quantitative estimate of drug-likeness (QED) is 0.430. The molecule has 0 radical (unpaired) electrons. The van der Waals surface area contributed by atoms with E-state index in [0.29, 0.717) is 29.7 Å². The average Bonchev–Trinajstić information content (AvgIpc) is 3.08. The second kappa shape index (κ2) is 10.1. The molecule has 0 unspecified atom stereocenters. The lowest BCUT2D eigenvalue weighted by molar-refractivity contribution is -0.121. The molecule has 33 heavy (non-hydrogen) atoms. The number of carbonyl (C=O) groups excluding carboxylic acids is 1. The average molecular weight is 444 g/mol. The van der Waals surface area contributed by atoms with Gasteiger partial charge in [0.1, 0.15) is 18.7 Å². The molecule has 0 aliphatic heterocycles. The molecular weight excluding hydrogens is 418 g/mol. The number of ether oxygens (including phenoxy) is 2. The minimum absolute atomic E-state index is 0.0251. The Balaban J connectivity index is 1.33. The van der Waals surface area contributed by atoms with E-state index in [9.17, 15) is 4.79 Å². The van der Waals surface area contributed by atoms with Gasteiger partial charge >= 0.3 is 0 Å². The number of carbonyl (C=O) groups is 1. The van der Waals surface area contributed by atoms with Gasteiger partial charge in [0.2, 0.25) is 11.8 Å². The second-order valence-electron chi connectivity index (χ2n) is 7.58. The molecular formula is C25H25N5O3. The summed E-state index contributed by atoms with van der Waals surface area (Å²) in [6.07, 6.45) is 1.44. The van der Waals surface area contributed by atoms with Crippen molar-refractivity contribution in [3.63, 3.8) is 0 Å². The van der Waals surface area contributed by atoms with Gasteiger partial charge in [-0.15, -0.1) is 0 Å². The number of nitrogens with one attached hydrogen (secondary N) is 1. The van der Waals surface area contributed by atoms with Gasteiger partial charge in [0.05, 0.1) is 12.3 Å². The summed E-state index contributed by atoms with van der Waals surface area (Å²) < 4.78 is 13.1. The van der Waals surface area contributed by atoms with Gasteiger partial charge in [-0.25, -0.2) is 14.6 Å². The molecule has 4 aromatic rings. The Labute approximate surface area is 192 Å². The molecule has 2 aromatic heterocycles. The Morgan fingerprint density at radius 2 is 1.76 bits per heavy atom. The predicted octanol–water partition coefficient (Wildman–Crippen LogP) is 4.54. The summed E-state index contributed by atoms with van der Waals surface area (Å²) in [7, 11) is 0. The second-order valence-corrected chi connectivity index (χ2v) is 7.58. The number of hydrogen-bond donors (Lipinski definition) is 1. The molecule has 0 aliphatic rings. The molecule has 0 fully saturated rings. The number of aromatic nitrogens is 4. The van der Waals surface area contributed by atoms with Crippen LogP contribution < -0.4 is 10.1 Å². The maximum absolute atomic E-state index is 12.1. The van der Waals surface area contributed by atoms with Gasteiger partial charge in [0.15, 0.2) is 5.82 Å². The van der Waals surface area contributed by atoms with E-state index in [1.807, 2.05) is 51.1 Å². The lowest BCUT2D eigenvalue weighted by atomic mass is 10.2. The lowest BCUT2D eigenvalue weighted by Crippen LogP contribution is -2.18. The van der Waals surface area contributed by atoms with E-state index in [0.717, 1.165) is 22.5 Å². The van der Waals surface area contributed by atoms with Crippen molar-refractivity contribution in [1.29, 1.82) is 0 Å². The molecule has 0 spiro atoms. The number of anilines is 1. The first-order chi connectivity index (χ1) is 16.0. The van der Waals surface area contributed by atoms with E-state index in [1.165, 1.54) is 6.33 Å². The summed E-state index contributed by atoms with van der Waals surface area (Å²) in [5.41, 5.74) is 4.77. The summed E-state index contributed by atoms with van der Waals surface area (Å²) in [6, 6.07) is 18.5. The van der Waals surface area contributed by atoms with Crippen molar-refractivity contribution in [1.82, 2.24) is 19.7 Å². The third kappa shape index (κ3) is 5.61. The fraction of sp³-hybridized carbons (Fsp3) is 0.200. The third-order valence-corrected chi connectivity index (χ3v) is 5.20. The largest absolute Gasteiger partial charge is 0.439 e. The van der Waals surface area contributed by atoms with Crippen LogP contribution in [0.3, 0.4) is 0 Å². The van der Waals surface area contributed by atoms with Crippen LogP contribution in [0.1, 0.15) is 22.5 Å². The monoisotopic (exact) mass is 443 g/mol. The topological polar surface area (TPSA) is 91.2 Å². The number of nitrogens with zero attached hydrogens (tertiary/aromatic N) is 4. The van der Waals surface area contributed by atoms with Crippen molar-refractivity contribution in [3.05, 3.63) is 89.5 Å². The maximum atomic E-state index is 12.1. The molecule has 8 nitrogen and oxygen atoms in total. The Kier molecular flexibility index (Phi) is 6.75. The first kappa shape index (κ1) is 22.2. The van der Waals surface area contributed by atoms with E-state index >= 15 is 0 Å². The zero-order valence-corrected chi connectivity index (χ0v) is 18.8. The highest BCUT2D eigenvalue weighted by atomic mass is 16.5. The first-order valence-corrected chi connectivity index (χ1v) is 10.5. The minimum Gasteiger partial charge on any atom is -0.439 e. The van der Waals surface area contributed by atoms with Crippen LogP contribution in [0, 0.1) is 20.8 Å². The molecule has 8 heteroatoms. The SMILES string of the molecule is Cc1nn(-c2cc(Oc3ccc(NC(=O)COCc4ccccc4)cc3)ncn2)c(C)c1C. The van der Waals surface area contributed by atoms with E-state index in [2.05, 4.69) is 20.4 Å². The van der Waals surface area contributed by atoms with E-state index in [1.54, 1.807) is 35.0 Å². The molecule has 1 N–H and O–H groups in total. The van der Waals surface area contributed by atoms with Crippen LogP contribution in [-0.2, 0) is 16.1 Å². The number of aryl methyl sites for hydroxylation is 1. The molecule has 2 heterocycles. The molecule has 4 rings (SSSR count). The zero-order chi connectivity index (χ0) is 23.2. The summed E-state index contributed by atoms with van der Waals surface area (Å²) in [5, 5.41) is 7.33. The molecule has 0 aliphatic carbocycles. The van der Waals surface area contributed by atoms with Crippen molar-refractivity contribution in [2.24, 2.45) is 0 Å². The van der Waals surface area contributed by atoms with Crippen LogP contribution in [-0.4, -0.2) is 32.3 Å². The highest BCUT2D eigenvalue weighted by molar-refractivity contribution is 5.91. The highest BCUT2D eigenvalue weighted by Gasteiger charge is 2.11. The van der Waals surface area contributed by atoms with Crippen molar-refractivity contribution < 1.29 is 14.3 Å². The normalized spacial score (nSPS) is 10.8. The van der Waals surface area contributed by atoms with Crippen molar-refractivity contribution in [3.8, 4) is 17.4 Å². The van der Waals surface area contributed by atoms with E-state index in [-0.39, 0.29) is 12.5 Å². The Bertz CT molecular complexity index is 1240. The molecule has 1 amide bonds. The highest BCUT2D eigenvalue weighted by Crippen LogP contribution is 2.23. The molecule has 2 aromatic carbocycles. The summed E-state index contributed by atoms with van der Waals surface area (Å²) >= 11 is 0. The van der Waals surface area contributed by atoms with Crippen molar-refractivity contribution >= 4 is 11.6 Å². The standard InChI is InChI=1S/C25H25N5O3/c1-17-18(2)29-30(19(17)3)23-13-25(27-16-26-23)33-22-11-9-21(10-12-22)28-24(31)15-32-14-20-7-5-4-6-8-20/h4-13,16H,14-15H2,1-3H3,(H,28,31). The minimum atomic E-state index is -0.222. The van der Waals surface area contributed by atoms with Crippen LogP contribution in [0.25, 0.3) is 5.82 Å². The van der Waals surface area contributed by atoms with Gasteiger partial charge in [0.25, 0.3) is 0 Å².